The van der Waals surface area contributed by atoms with Crippen LogP contribution in [0.5, 0.6) is 0 Å². The summed E-state index contributed by atoms with van der Waals surface area (Å²) < 4.78 is 0. The summed E-state index contributed by atoms with van der Waals surface area (Å²) in [6, 6.07) is 0. The van der Waals surface area contributed by atoms with Crippen molar-refractivity contribution in [2.75, 3.05) is 0 Å². The van der Waals surface area contributed by atoms with Gasteiger partial charge in [-0.25, -0.2) is 0 Å². The number of hydrogen-bond acceptors (Lipinski definition) is 2. The van der Waals surface area contributed by atoms with Gasteiger partial charge in [0, 0.05) is 6.21 Å². The first-order valence-electron chi connectivity index (χ1n) is 3.57. The Bertz CT molecular complexity index is 95.1. The third-order valence-electron chi connectivity index (χ3n) is 1.62. The Hall–Kier alpha value is -0.530. The van der Waals surface area contributed by atoms with E-state index in [4.69, 9.17) is 4.84 Å². The lowest BCUT2D eigenvalue weighted by atomic mass is 10.3. The van der Waals surface area contributed by atoms with Crippen LogP contribution in [0.2, 0.25) is 0 Å². The van der Waals surface area contributed by atoms with Crippen LogP contribution in [0.3, 0.4) is 0 Å². The molecule has 0 aliphatic heterocycles. The van der Waals surface area contributed by atoms with E-state index in [9.17, 15) is 0 Å². The first-order valence-corrected chi connectivity index (χ1v) is 3.57. The minimum Gasteiger partial charge on any atom is -0.393 e. The van der Waals surface area contributed by atoms with E-state index in [1.807, 2.05) is 6.92 Å². The second kappa shape index (κ2) is 3.49. The topological polar surface area (TPSA) is 21.6 Å². The zero-order chi connectivity index (χ0) is 6.53. The van der Waals surface area contributed by atoms with Gasteiger partial charge < -0.3 is 4.84 Å². The Morgan fingerprint density at radius 1 is 1.44 bits per heavy atom. The van der Waals surface area contributed by atoms with Gasteiger partial charge in [0.25, 0.3) is 0 Å². The van der Waals surface area contributed by atoms with Gasteiger partial charge in [-0.2, -0.15) is 0 Å². The molecule has 0 aromatic rings. The highest BCUT2D eigenvalue weighted by Crippen LogP contribution is 2.20. The number of rotatable bonds is 2. The highest BCUT2D eigenvalue weighted by molar-refractivity contribution is 5.52. The van der Waals surface area contributed by atoms with Crippen LogP contribution in [-0.2, 0) is 4.84 Å². The molecule has 9 heavy (non-hydrogen) atoms. The van der Waals surface area contributed by atoms with Crippen molar-refractivity contribution >= 4 is 6.21 Å². The number of nitrogens with zero attached hydrogens (tertiary/aromatic N) is 1. The Balaban J connectivity index is 2.11. The van der Waals surface area contributed by atoms with E-state index >= 15 is 0 Å². The van der Waals surface area contributed by atoms with Crippen LogP contribution in [0, 0.1) is 0 Å². The maximum atomic E-state index is 5.12. The molecule has 52 valence electrons. The lowest BCUT2D eigenvalue weighted by molar-refractivity contribution is 0.0655. The van der Waals surface area contributed by atoms with Crippen LogP contribution in [0.4, 0.5) is 0 Å². The second-order valence-electron chi connectivity index (χ2n) is 2.38. The average Bonchev–Trinajstić information content (AvgIpc) is 2.34. The van der Waals surface area contributed by atoms with E-state index < -0.39 is 0 Å². The number of hydrogen-bond donors (Lipinski definition) is 0. The Morgan fingerprint density at radius 3 is 2.67 bits per heavy atom. The van der Waals surface area contributed by atoms with Crippen LogP contribution < -0.4 is 0 Å². The van der Waals surface area contributed by atoms with Gasteiger partial charge in [-0.05, 0) is 32.6 Å². The summed E-state index contributed by atoms with van der Waals surface area (Å²) in [6.45, 7) is 1.87. The molecule has 1 aliphatic rings. The third kappa shape index (κ3) is 2.04. The zero-order valence-corrected chi connectivity index (χ0v) is 5.84. The lowest BCUT2D eigenvalue weighted by Crippen LogP contribution is -2.01. The van der Waals surface area contributed by atoms with Gasteiger partial charge >= 0.3 is 0 Å². The van der Waals surface area contributed by atoms with Crippen molar-refractivity contribution in [2.24, 2.45) is 5.16 Å². The molecule has 1 rings (SSSR count). The molecule has 0 radical (unpaired) electrons. The van der Waals surface area contributed by atoms with Crippen LogP contribution >= 0.6 is 0 Å². The molecule has 0 aromatic heterocycles. The van der Waals surface area contributed by atoms with Crippen molar-refractivity contribution < 1.29 is 4.84 Å². The molecule has 1 fully saturated rings. The Labute approximate surface area is 55.9 Å². The first-order chi connectivity index (χ1) is 4.43. The molecule has 0 unspecified atom stereocenters. The molecule has 0 atom stereocenters. The van der Waals surface area contributed by atoms with E-state index in [0.29, 0.717) is 6.10 Å². The molecule has 0 spiro atoms. The molecular formula is C7H13NO. The molecule has 1 aliphatic carbocycles. The summed E-state index contributed by atoms with van der Waals surface area (Å²) >= 11 is 0. The summed E-state index contributed by atoms with van der Waals surface area (Å²) in [4.78, 5) is 5.12. The summed E-state index contributed by atoms with van der Waals surface area (Å²) in [5.41, 5.74) is 0. The fourth-order valence-corrected chi connectivity index (χ4v) is 1.14. The minimum atomic E-state index is 0.418. The van der Waals surface area contributed by atoms with Gasteiger partial charge in [0.15, 0.2) is 0 Å². The van der Waals surface area contributed by atoms with Crippen LogP contribution in [0.25, 0.3) is 0 Å². The standard InChI is InChI=1S/C7H13NO/c1-2-8-9-7-5-3-4-6-7/h2,7H,3-6H2,1H3. The van der Waals surface area contributed by atoms with Gasteiger partial charge in [-0.15, -0.1) is 0 Å². The monoisotopic (exact) mass is 127 g/mol. The Morgan fingerprint density at radius 2 is 2.11 bits per heavy atom. The molecule has 0 bridgehead atoms. The van der Waals surface area contributed by atoms with Crippen molar-refractivity contribution in [3.8, 4) is 0 Å². The summed E-state index contributed by atoms with van der Waals surface area (Å²) in [7, 11) is 0. The highest BCUT2D eigenvalue weighted by atomic mass is 16.6. The quantitative estimate of drug-likeness (QED) is 0.410. The SMILES string of the molecule is CC=NOC1CCCC1. The molecule has 0 N–H and O–H groups in total. The van der Waals surface area contributed by atoms with Crippen molar-refractivity contribution in [3.63, 3.8) is 0 Å². The average molecular weight is 127 g/mol. The van der Waals surface area contributed by atoms with E-state index in [-0.39, 0.29) is 0 Å². The van der Waals surface area contributed by atoms with Crippen LogP contribution in [0.1, 0.15) is 32.6 Å². The molecule has 2 heteroatoms. The fourth-order valence-electron chi connectivity index (χ4n) is 1.14. The second-order valence-corrected chi connectivity index (χ2v) is 2.38. The predicted molar refractivity (Wildman–Crippen MR) is 37.5 cm³/mol. The minimum absolute atomic E-state index is 0.418. The summed E-state index contributed by atoms with van der Waals surface area (Å²) in [5, 5.41) is 3.73. The predicted octanol–water partition coefficient (Wildman–Crippen LogP) is 1.95. The van der Waals surface area contributed by atoms with Gasteiger partial charge in [-0.3, -0.25) is 0 Å². The van der Waals surface area contributed by atoms with Gasteiger partial charge in [0.05, 0.1) is 0 Å². The van der Waals surface area contributed by atoms with Crippen LogP contribution in [0.15, 0.2) is 5.16 Å². The van der Waals surface area contributed by atoms with E-state index in [2.05, 4.69) is 5.16 Å². The summed E-state index contributed by atoms with van der Waals surface area (Å²) in [5.74, 6) is 0. The molecule has 2 nitrogen and oxygen atoms in total. The van der Waals surface area contributed by atoms with Crippen molar-refractivity contribution in [2.45, 2.75) is 38.7 Å². The third-order valence-corrected chi connectivity index (χ3v) is 1.62. The first kappa shape index (κ1) is 6.59. The molecule has 0 amide bonds. The lowest BCUT2D eigenvalue weighted by Gasteiger charge is -2.03. The molecular weight excluding hydrogens is 114 g/mol. The van der Waals surface area contributed by atoms with Gasteiger partial charge in [-0.1, -0.05) is 5.16 Å². The molecule has 0 aromatic carbocycles. The molecule has 0 saturated heterocycles. The van der Waals surface area contributed by atoms with Crippen molar-refractivity contribution in [1.82, 2.24) is 0 Å². The van der Waals surface area contributed by atoms with E-state index in [1.165, 1.54) is 25.7 Å². The van der Waals surface area contributed by atoms with Crippen LogP contribution in [-0.4, -0.2) is 12.3 Å². The normalized spacial score (nSPS) is 21.4. The maximum Gasteiger partial charge on any atom is 0.127 e. The van der Waals surface area contributed by atoms with Crippen molar-refractivity contribution in [1.29, 1.82) is 0 Å². The zero-order valence-electron chi connectivity index (χ0n) is 5.84. The van der Waals surface area contributed by atoms with Crippen molar-refractivity contribution in [3.05, 3.63) is 0 Å². The van der Waals surface area contributed by atoms with E-state index in [1.54, 1.807) is 6.21 Å². The smallest absolute Gasteiger partial charge is 0.127 e. The highest BCUT2D eigenvalue weighted by Gasteiger charge is 2.15. The van der Waals surface area contributed by atoms with E-state index in [0.717, 1.165) is 0 Å². The van der Waals surface area contributed by atoms with Gasteiger partial charge in [0.2, 0.25) is 0 Å². The Kier molecular flexibility index (Phi) is 2.55. The molecule has 1 saturated carbocycles. The fraction of sp³-hybridized carbons (Fsp3) is 0.857. The largest absolute Gasteiger partial charge is 0.393 e. The summed E-state index contributed by atoms with van der Waals surface area (Å²) in [6.07, 6.45) is 7.11. The maximum absolute atomic E-state index is 5.12. The molecule has 0 heterocycles. The number of oxime groups is 1. The van der Waals surface area contributed by atoms with Gasteiger partial charge in [0.1, 0.15) is 6.10 Å².